The van der Waals surface area contributed by atoms with Crippen molar-refractivity contribution in [2.45, 2.75) is 33.3 Å². The van der Waals surface area contributed by atoms with Crippen molar-refractivity contribution in [3.63, 3.8) is 0 Å². The number of ether oxygens (including phenoxy) is 1. The first kappa shape index (κ1) is 18.3. The van der Waals surface area contributed by atoms with E-state index in [1.807, 2.05) is 0 Å². The molecule has 0 radical (unpaired) electrons. The van der Waals surface area contributed by atoms with Crippen molar-refractivity contribution in [3.8, 4) is 5.75 Å². The van der Waals surface area contributed by atoms with Crippen LogP contribution in [0.2, 0.25) is 0 Å². The van der Waals surface area contributed by atoms with Gasteiger partial charge in [-0.1, -0.05) is 6.07 Å². The number of rotatable bonds is 3. The molecule has 132 valence electrons. The third kappa shape index (κ3) is 5.49. The molecule has 25 heavy (non-hydrogen) atoms. The van der Waals surface area contributed by atoms with Crippen molar-refractivity contribution in [1.82, 2.24) is 4.98 Å². The number of carbonyl (C=O) groups excluding carboxylic acids is 2. The van der Waals surface area contributed by atoms with E-state index in [0.29, 0.717) is 22.6 Å². The van der Waals surface area contributed by atoms with Crippen molar-refractivity contribution in [1.29, 1.82) is 0 Å². The number of phenolic OH excluding ortho intramolecular Hbond substituents is 1. The van der Waals surface area contributed by atoms with Crippen LogP contribution in [0.15, 0.2) is 36.5 Å². The molecule has 0 saturated heterocycles. The summed E-state index contributed by atoms with van der Waals surface area (Å²) in [6.07, 6.45) is 0.847. The van der Waals surface area contributed by atoms with E-state index in [2.05, 4.69) is 15.6 Å². The molecule has 0 bridgehead atoms. The highest BCUT2D eigenvalue weighted by Gasteiger charge is 2.17. The fourth-order valence-electron chi connectivity index (χ4n) is 2.02. The van der Waals surface area contributed by atoms with E-state index >= 15 is 0 Å². The number of hydrogen-bond acceptors (Lipinski definition) is 5. The number of anilines is 2. The van der Waals surface area contributed by atoms with Gasteiger partial charge in [0.05, 0.1) is 11.9 Å². The second-order valence-electron chi connectivity index (χ2n) is 6.52. The maximum absolute atomic E-state index is 12.2. The maximum Gasteiger partial charge on any atom is 0.412 e. The Bertz CT molecular complexity index is 797. The summed E-state index contributed by atoms with van der Waals surface area (Å²) in [6.45, 7) is 7.08. The number of phenols is 1. The molecule has 0 aliphatic rings. The quantitative estimate of drug-likeness (QED) is 0.789. The number of benzene rings is 1. The number of nitrogens with zero attached hydrogens (tertiary/aromatic N) is 1. The van der Waals surface area contributed by atoms with Crippen LogP contribution in [-0.4, -0.2) is 27.7 Å². The number of pyridine rings is 1. The molecule has 0 unspecified atom stereocenters. The van der Waals surface area contributed by atoms with Crippen LogP contribution in [0, 0.1) is 6.92 Å². The van der Waals surface area contributed by atoms with Crippen molar-refractivity contribution in [3.05, 3.63) is 47.7 Å². The first-order valence-corrected chi connectivity index (χ1v) is 7.71. The van der Waals surface area contributed by atoms with Crippen LogP contribution in [-0.2, 0) is 4.74 Å². The van der Waals surface area contributed by atoms with Gasteiger partial charge in [0.2, 0.25) is 0 Å². The standard InChI is InChI=1S/C18H21N3O4/c1-11-8-13(20-17(24)25-18(2,3)4)10-19-15(11)21-16(23)12-6-5-7-14(22)9-12/h5-10,22H,1-4H3,(H,20,24)(H,19,21,23). The second-order valence-corrected chi connectivity index (χ2v) is 6.52. The van der Waals surface area contributed by atoms with Crippen LogP contribution in [0.4, 0.5) is 16.3 Å². The second kappa shape index (κ2) is 7.21. The molecule has 2 amide bonds. The lowest BCUT2D eigenvalue weighted by molar-refractivity contribution is 0.0635. The molecule has 0 fully saturated rings. The predicted octanol–water partition coefficient (Wildman–Crippen LogP) is 3.69. The molecule has 0 aliphatic heterocycles. The summed E-state index contributed by atoms with van der Waals surface area (Å²) in [5.74, 6) is -0.0170. The normalized spacial score (nSPS) is 10.9. The molecule has 0 atom stereocenters. The van der Waals surface area contributed by atoms with Crippen LogP contribution in [0.5, 0.6) is 5.75 Å². The minimum absolute atomic E-state index is 0.00856. The van der Waals surface area contributed by atoms with Gasteiger partial charge in [0.15, 0.2) is 0 Å². The van der Waals surface area contributed by atoms with E-state index in [4.69, 9.17) is 4.74 Å². The molecule has 1 heterocycles. The van der Waals surface area contributed by atoms with Gasteiger partial charge in [-0.25, -0.2) is 9.78 Å². The smallest absolute Gasteiger partial charge is 0.412 e. The van der Waals surface area contributed by atoms with Crippen molar-refractivity contribution in [2.75, 3.05) is 10.6 Å². The lowest BCUT2D eigenvalue weighted by Gasteiger charge is -2.19. The van der Waals surface area contributed by atoms with Crippen molar-refractivity contribution in [2.24, 2.45) is 0 Å². The summed E-state index contributed by atoms with van der Waals surface area (Å²) < 4.78 is 5.17. The molecule has 1 aromatic carbocycles. The van der Waals surface area contributed by atoms with Gasteiger partial charge in [0.1, 0.15) is 17.2 Å². The minimum atomic E-state index is -0.596. The molecule has 0 spiro atoms. The van der Waals surface area contributed by atoms with Crippen LogP contribution in [0.3, 0.4) is 0 Å². The maximum atomic E-state index is 12.2. The topological polar surface area (TPSA) is 101 Å². The van der Waals surface area contributed by atoms with E-state index in [9.17, 15) is 14.7 Å². The molecule has 7 heteroatoms. The molecule has 2 rings (SSSR count). The molecule has 0 aliphatic carbocycles. The third-order valence-electron chi connectivity index (χ3n) is 3.06. The Labute approximate surface area is 146 Å². The Morgan fingerprint density at radius 2 is 1.88 bits per heavy atom. The average molecular weight is 343 g/mol. The van der Waals surface area contributed by atoms with E-state index in [1.54, 1.807) is 45.9 Å². The lowest BCUT2D eigenvalue weighted by atomic mass is 10.2. The van der Waals surface area contributed by atoms with Gasteiger partial charge in [-0.2, -0.15) is 0 Å². The minimum Gasteiger partial charge on any atom is -0.508 e. The predicted molar refractivity (Wildman–Crippen MR) is 94.9 cm³/mol. The number of carbonyl (C=O) groups is 2. The molecular weight excluding hydrogens is 322 g/mol. The Morgan fingerprint density at radius 3 is 2.48 bits per heavy atom. The van der Waals surface area contributed by atoms with Crippen LogP contribution < -0.4 is 10.6 Å². The van der Waals surface area contributed by atoms with Gasteiger partial charge in [-0.15, -0.1) is 0 Å². The number of hydrogen-bond donors (Lipinski definition) is 3. The highest BCUT2D eigenvalue weighted by molar-refractivity contribution is 6.04. The Hall–Kier alpha value is -3.09. The van der Waals surface area contributed by atoms with Gasteiger partial charge in [0.25, 0.3) is 5.91 Å². The van der Waals surface area contributed by atoms with Gasteiger partial charge < -0.3 is 15.2 Å². The Morgan fingerprint density at radius 1 is 1.16 bits per heavy atom. The summed E-state index contributed by atoms with van der Waals surface area (Å²) >= 11 is 0. The average Bonchev–Trinajstić information content (AvgIpc) is 2.48. The van der Waals surface area contributed by atoms with E-state index in [1.165, 1.54) is 18.3 Å². The summed E-state index contributed by atoms with van der Waals surface area (Å²) in [6, 6.07) is 7.69. The van der Waals surface area contributed by atoms with E-state index in [0.717, 1.165) is 0 Å². The number of nitrogens with one attached hydrogen (secondary N) is 2. The molecule has 3 N–H and O–H groups in total. The highest BCUT2D eigenvalue weighted by atomic mass is 16.6. The summed E-state index contributed by atoms with van der Waals surface area (Å²) in [5.41, 5.74) is 0.850. The monoisotopic (exact) mass is 343 g/mol. The van der Waals surface area contributed by atoms with Crippen LogP contribution >= 0.6 is 0 Å². The zero-order valence-corrected chi connectivity index (χ0v) is 14.6. The molecule has 0 saturated carbocycles. The van der Waals surface area contributed by atoms with Gasteiger partial charge in [0, 0.05) is 5.56 Å². The SMILES string of the molecule is Cc1cc(NC(=O)OC(C)(C)C)cnc1NC(=O)c1cccc(O)c1. The zero-order valence-electron chi connectivity index (χ0n) is 14.6. The third-order valence-corrected chi connectivity index (χ3v) is 3.06. The van der Waals surface area contributed by atoms with E-state index < -0.39 is 11.7 Å². The Kier molecular flexibility index (Phi) is 5.26. The number of aryl methyl sites for hydroxylation is 1. The van der Waals surface area contributed by atoms with Crippen molar-refractivity contribution >= 4 is 23.5 Å². The summed E-state index contributed by atoms with van der Waals surface area (Å²) in [7, 11) is 0. The Balaban J connectivity index is 2.06. The summed E-state index contributed by atoms with van der Waals surface area (Å²) in [5, 5.41) is 14.7. The fourth-order valence-corrected chi connectivity index (χ4v) is 2.02. The molecule has 7 nitrogen and oxygen atoms in total. The first-order chi connectivity index (χ1) is 11.6. The molecular formula is C18H21N3O4. The summed E-state index contributed by atoms with van der Waals surface area (Å²) in [4.78, 5) is 28.1. The van der Waals surface area contributed by atoms with Crippen molar-refractivity contribution < 1.29 is 19.4 Å². The van der Waals surface area contributed by atoms with Gasteiger partial charge in [-0.3, -0.25) is 10.1 Å². The van der Waals surface area contributed by atoms with Gasteiger partial charge in [-0.05, 0) is 57.5 Å². The van der Waals surface area contributed by atoms with Gasteiger partial charge >= 0.3 is 6.09 Å². The van der Waals surface area contributed by atoms with Crippen LogP contribution in [0.25, 0.3) is 0 Å². The molecule has 2 aromatic rings. The number of amides is 2. The fraction of sp³-hybridized carbons (Fsp3) is 0.278. The lowest BCUT2D eigenvalue weighted by Crippen LogP contribution is -2.27. The molecule has 1 aromatic heterocycles. The first-order valence-electron chi connectivity index (χ1n) is 7.71. The van der Waals surface area contributed by atoms with Crippen LogP contribution in [0.1, 0.15) is 36.7 Å². The number of aromatic hydroxyl groups is 1. The highest BCUT2D eigenvalue weighted by Crippen LogP contribution is 2.19. The largest absolute Gasteiger partial charge is 0.508 e. The zero-order chi connectivity index (χ0) is 18.6. The van der Waals surface area contributed by atoms with E-state index in [-0.39, 0.29) is 11.7 Å². The number of aromatic nitrogens is 1.